The molecule has 0 aliphatic rings. The van der Waals surface area contributed by atoms with E-state index in [-0.39, 0.29) is 38.0 Å². The third kappa shape index (κ3) is 11.4. The smallest absolute Gasteiger partial charge is 0.326 e. The van der Waals surface area contributed by atoms with Gasteiger partial charge in [-0.05, 0) is 24.3 Å². The first-order valence-corrected chi connectivity index (χ1v) is 12.4. The summed E-state index contributed by atoms with van der Waals surface area (Å²) in [4.78, 5) is 73.0. The monoisotopic (exact) mass is 534 g/mol. The van der Waals surface area contributed by atoms with Gasteiger partial charge in [0.25, 0.3) is 0 Å². The van der Waals surface area contributed by atoms with E-state index < -0.39 is 59.7 Å². The molecule has 210 valence electrons. The van der Waals surface area contributed by atoms with Crippen LogP contribution in [0.4, 0.5) is 0 Å². The minimum absolute atomic E-state index is 0.0756. The number of carbonyl (C=O) groups excluding carboxylic acids is 5. The highest BCUT2D eigenvalue weighted by molar-refractivity contribution is 5.94. The van der Waals surface area contributed by atoms with Crippen LogP contribution in [0.25, 0.3) is 0 Å². The van der Waals surface area contributed by atoms with Gasteiger partial charge in [0.1, 0.15) is 18.1 Å². The van der Waals surface area contributed by atoms with Gasteiger partial charge in [-0.1, -0.05) is 50.6 Å². The van der Waals surface area contributed by atoms with E-state index in [2.05, 4.69) is 16.0 Å². The predicted octanol–water partition coefficient (Wildman–Crippen LogP) is -1.33. The molecule has 0 spiro atoms. The molecule has 0 bridgehead atoms. The Hall–Kier alpha value is -4.00. The molecule has 13 heteroatoms. The minimum Gasteiger partial charge on any atom is -0.480 e. The normalized spacial score (nSPS) is 14.7. The van der Waals surface area contributed by atoms with Crippen LogP contribution in [0.15, 0.2) is 30.3 Å². The fourth-order valence-electron chi connectivity index (χ4n) is 3.48. The summed E-state index contributed by atoms with van der Waals surface area (Å²) in [5, 5.41) is 16.8. The molecule has 0 saturated carbocycles. The lowest BCUT2D eigenvalue weighted by molar-refractivity contribution is -0.142. The third-order valence-corrected chi connectivity index (χ3v) is 6.08. The molecular weight excluding hydrogens is 496 g/mol. The summed E-state index contributed by atoms with van der Waals surface area (Å²) in [7, 11) is 0. The van der Waals surface area contributed by atoms with Gasteiger partial charge in [-0.15, -0.1) is 0 Å². The molecule has 13 nitrogen and oxygen atoms in total. The standard InChI is InChI=1S/C25H38N6O7/c1-3-14(2)21(28)24(36)31-18(13-15-7-5-4-6-8-15)23(35)29-16(9-11-19(26)32)22(34)30-17(25(37)38)10-12-20(27)33/h4-8,14,16-18,21H,3,9-13,28H2,1-2H3,(H2,26,32)(H2,27,33)(H,29,35)(H,30,34)(H,31,36)(H,37,38). The first-order chi connectivity index (χ1) is 17.8. The molecule has 0 aromatic heterocycles. The third-order valence-electron chi connectivity index (χ3n) is 6.08. The van der Waals surface area contributed by atoms with E-state index in [9.17, 15) is 33.9 Å². The number of carboxylic acid groups (broad SMARTS) is 1. The van der Waals surface area contributed by atoms with Crippen LogP contribution in [0.5, 0.6) is 0 Å². The molecule has 1 rings (SSSR count). The van der Waals surface area contributed by atoms with Gasteiger partial charge in [-0.3, -0.25) is 24.0 Å². The number of benzene rings is 1. The van der Waals surface area contributed by atoms with Crippen molar-refractivity contribution in [3.05, 3.63) is 35.9 Å². The van der Waals surface area contributed by atoms with Crippen molar-refractivity contribution in [2.75, 3.05) is 0 Å². The van der Waals surface area contributed by atoms with Crippen LogP contribution in [0, 0.1) is 5.92 Å². The SMILES string of the molecule is CCC(C)C(N)C(=O)NC(Cc1ccccc1)C(=O)NC(CCC(N)=O)C(=O)NC(CCC(N)=O)C(=O)O. The minimum atomic E-state index is -1.46. The maximum Gasteiger partial charge on any atom is 0.326 e. The number of nitrogens with one attached hydrogen (secondary N) is 3. The molecule has 5 unspecified atom stereocenters. The molecule has 0 aliphatic carbocycles. The molecule has 38 heavy (non-hydrogen) atoms. The highest BCUT2D eigenvalue weighted by Crippen LogP contribution is 2.09. The second-order valence-corrected chi connectivity index (χ2v) is 9.13. The van der Waals surface area contributed by atoms with Crippen molar-refractivity contribution in [2.24, 2.45) is 23.1 Å². The fourth-order valence-corrected chi connectivity index (χ4v) is 3.48. The summed E-state index contributed by atoms with van der Waals surface area (Å²) in [6, 6.07) is 4.01. The Kier molecular flexibility index (Phi) is 13.5. The lowest BCUT2D eigenvalue weighted by atomic mass is 9.98. The van der Waals surface area contributed by atoms with Crippen LogP contribution in [-0.4, -0.2) is 64.8 Å². The van der Waals surface area contributed by atoms with Crippen LogP contribution in [-0.2, 0) is 35.2 Å². The Morgan fingerprint density at radius 2 is 1.26 bits per heavy atom. The number of rotatable bonds is 17. The van der Waals surface area contributed by atoms with Gasteiger partial charge in [-0.25, -0.2) is 4.79 Å². The van der Waals surface area contributed by atoms with E-state index in [1.165, 1.54) is 0 Å². The maximum atomic E-state index is 13.3. The molecule has 0 fully saturated rings. The number of aliphatic carboxylic acids is 1. The number of primary amides is 2. The van der Waals surface area contributed by atoms with Gasteiger partial charge in [0.15, 0.2) is 0 Å². The molecular formula is C25H38N6O7. The van der Waals surface area contributed by atoms with Crippen LogP contribution in [0.3, 0.4) is 0 Å². The highest BCUT2D eigenvalue weighted by Gasteiger charge is 2.31. The average molecular weight is 535 g/mol. The molecule has 1 aromatic carbocycles. The van der Waals surface area contributed by atoms with Crippen molar-refractivity contribution >= 4 is 35.5 Å². The second kappa shape index (κ2) is 16.0. The van der Waals surface area contributed by atoms with Crippen molar-refractivity contribution in [1.29, 1.82) is 0 Å². The van der Waals surface area contributed by atoms with E-state index in [0.29, 0.717) is 6.42 Å². The number of nitrogens with two attached hydrogens (primary N) is 3. The summed E-state index contributed by atoms with van der Waals surface area (Å²) in [6.07, 6.45) is -0.365. The lowest BCUT2D eigenvalue weighted by Gasteiger charge is -2.26. The van der Waals surface area contributed by atoms with Gasteiger partial charge in [0.2, 0.25) is 29.5 Å². The fraction of sp³-hybridized carbons (Fsp3) is 0.520. The Balaban J connectivity index is 3.14. The molecule has 1 aromatic rings. The van der Waals surface area contributed by atoms with Crippen LogP contribution < -0.4 is 33.2 Å². The molecule has 0 heterocycles. The predicted molar refractivity (Wildman–Crippen MR) is 138 cm³/mol. The summed E-state index contributed by atoms with van der Waals surface area (Å²) in [5.74, 6) is -5.25. The topological polar surface area (TPSA) is 237 Å². The Morgan fingerprint density at radius 3 is 1.76 bits per heavy atom. The van der Waals surface area contributed by atoms with E-state index in [0.717, 1.165) is 5.56 Å². The van der Waals surface area contributed by atoms with Crippen LogP contribution in [0.1, 0.15) is 51.5 Å². The summed E-state index contributed by atoms with van der Waals surface area (Å²) >= 11 is 0. The summed E-state index contributed by atoms with van der Waals surface area (Å²) in [5.41, 5.74) is 17.0. The first-order valence-electron chi connectivity index (χ1n) is 12.4. The summed E-state index contributed by atoms with van der Waals surface area (Å²) in [6.45, 7) is 3.68. The van der Waals surface area contributed by atoms with Crippen LogP contribution in [0.2, 0.25) is 0 Å². The number of amides is 5. The molecule has 0 aliphatic heterocycles. The van der Waals surface area contributed by atoms with Gasteiger partial charge < -0.3 is 38.3 Å². The van der Waals surface area contributed by atoms with Crippen molar-refractivity contribution in [3.8, 4) is 0 Å². The number of hydrogen-bond acceptors (Lipinski definition) is 7. The molecule has 5 amide bonds. The maximum absolute atomic E-state index is 13.3. The van der Waals surface area contributed by atoms with Gasteiger partial charge >= 0.3 is 5.97 Å². The molecule has 10 N–H and O–H groups in total. The zero-order valence-electron chi connectivity index (χ0n) is 21.6. The van der Waals surface area contributed by atoms with E-state index in [4.69, 9.17) is 17.2 Å². The van der Waals surface area contributed by atoms with E-state index >= 15 is 0 Å². The number of carbonyl (C=O) groups is 6. The van der Waals surface area contributed by atoms with Gasteiger partial charge in [-0.2, -0.15) is 0 Å². The van der Waals surface area contributed by atoms with Crippen molar-refractivity contribution in [3.63, 3.8) is 0 Å². The van der Waals surface area contributed by atoms with Gasteiger partial charge in [0, 0.05) is 19.3 Å². The van der Waals surface area contributed by atoms with Crippen molar-refractivity contribution in [1.82, 2.24) is 16.0 Å². The number of hydrogen-bond donors (Lipinski definition) is 7. The quantitative estimate of drug-likeness (QED) is 0.126. The Labute approximate surface area is 221 Å². The largest absolute Gasteiger partial charge is 0.480 e. The molecule has 0 radical (unpaired) electrons. The first kappa shape index (κ1) is 32.0. The van der Waals surface area contributed by atoms with Crippen LogP contribution >= 0.6 is 0 Å². The lowest BCUT2D eigenvalue weighted by Crippen LogP contribution is -2.58. The van der Waals surface area contributed by atoms with E-state index in [1.54, 1.807) is 37.3 Å². The number of carboxylic acids is 1. The highest BCUT2D eigenvalue weighted by atomic mass is 16.4. The molecule has 0 saturated heterocycles. The van der Waals surface area contributed by atoms with Crippen molar-refractivity contribution < 1.29 is 33.9 Å². The Morgan fingerprint density at radius 1 is 0.789 bits per heavy atom. The Bertz CT molecular complexity index is 988. The zero-order valence-corrected chi connectivity index (χ0v) is 21.6. The average Bonchev–Trinajstić information content (AvgIpc) is 2.87. The molecule has 5 atom stereocenters. The van der Waals surface area contributed by atoms with Crippen molar-refractivity contribution in [2.45, 2.75) is 76.5 Å². The summed E-state index contributed by atoms with van der Waals surface area (Å²) < 4.78 is 0. The van der Waals surface area contributed by atoms with E-state index in [1.807, 2.05) is 6.92 Å². The van der Waals surface area contributed by atoms with Gasteiger partial charge in [0.05, 0.1) is 6.04 Å². The second-order valence-electron chi connectivity index (χ2n) is 9.13. The zero-order chi connectivity index (χ0) is 28.8.